The maximum Gasteiger partial charge on any atom is 0.307 e. The van der Waals surface area contributed by atoms with E-state index in [0.29, 0.717) is 30.9 Å². The van der Waals surface area contributed by atoms with E-state index < -0.39 is 11.9 Å². The van der Waals surface area contributed by atoms with Crippen molar-refractivity contribution in [2.75, 3.05) is 5.32 Å². The first-order valence-corrected chi connectivity index (χ1v) is 9.89. The van der Waals surface area contributed by atoms with Gasteiger partial charge in [-0.3, -0.25) is 9.59 Å². The number of nitrogens with one attached hydrogen (secondary N) is 2. The van der Waals surface area contributed by atoms with Gasteiger partial charge in [0.25, 0.3) is 0 Å². The standard InChI is InChI=1S/C21H22N6O3/c1-2-3-16(21(29)30)17(20-24-26-27-25-20)8-12-4-6-13(7-5-12)15-9-14-10-18(28)23-19(14)22-11-15/h4-7,9,11,16-17H,2-3,8,10H2,1H3,(H,29,30)(H,22,23,28)(H,24,25,26,27)/t16-,17-/m0/s1. The van der Waals surface area contributed by atoms with Crippen LogP contribution in [-0.4, -0.2) is 42.6 Å². The first-order valence-electron chi connectivity index (χ1n) is 9.89. The highest BCUT2D eigenvalue weighted by Crippen LogP contribution is 2.31. The number of carboxylic acid groups (broad SMARTS) is 1. The Morgan fingerprint density at radius 1 is 1.23 bits per heavy atom. The summed E-state index contributed by atoms with van der Waals surface area (Å²) < 4.78 is 0. The van der Waals surface area contributed by atoms with Crippen molar-refractivity contribution in [1.29, 1.82) is 0 Å². The smallest absolute Gasteiger partial charge is 0.307 e. The molecule has 0 aliphatic carbocycles. The molecule has 0 bridgehead atoms. The summed E-state index contributed by atoms with van der Waals surface area (Å²) in [4.78, 5) is 27.7. The van der Waals surface area contributed by atoms with Crippen molar-refractivity contribution in [2.24, 2.45) is 5.92 Å². The van der Waals surface area contributed by atoms with Crippen LogP contribution in [-0.2, 0) is 22.4 Å². The van der Waals surface area contributed by atoms with Gasteiger partial charge < -0.3 is 10.4 Å². The van der Waals surface area contributed by atoms with Crippen molar-refractivity contribution in [3.05, 3.63) is 53.5 Å². The number of carbonyl (C=O) groups excluding carboxylic acids is 1. The lowest BCUT2D eigenvalue weighted by molar-refractivity contribution is -0.143. The zero-order valence-corrected chi connectivity index (χ0v) is 16.5. The van der Waals surface area contributed by atoms with Crippen molar-refractivity contribution in [3.8, 4) is 11.1 Å². The minimum absolute atomic E-state index is 0.0439. The number of hydrogen-bond donors (Lipinski definition) is 3. The van der Waals surface area contributed by atoms with Crippen LogP contribution in [0.5, 0.6) is 0 Å². The Hall–Kier alpha value is -3.62. The number of nitrogens with zero attached hydrogens (tertiary/aromatic N) is 4. The second kappa shape index (κ2) is 8.40. The molecule has 3 heterocycles. The van der Waals surface area contributed by atoms with Gasteiger partial charge in [-0.2, -0.15) is 5.21 Å². The Morgan fingerprint density at radius 2 is 2.03 bits per heavy atom. The van der Waals surface area contributed by atoms with Crippen molar-refractivity contribution in [2.45, 2.75) is 38.5 Å². The predicted octanol–water partition coefficient (Wildman–Crippen LogP) is 2.58. The fraction of sp³-hybridized carbons (Fsp3) is 0.333. The number of aliphatic carboxylic acids is 1. The summed E-state index contributed by atoms with van der Waals surface area (Å²) in [6, 6.07) is 9.88. The highest BCUT2D eigenvalue weighted by molar-refractivity contribution is 5.98. The van der Waals surface area contributed by atoms with Crippen molar-refractivity contribution in [1.82, 2.24) is 25.6 Å². The van der Waals surface area contributed by atoms with Crippen molar-refractivity contribution in [3.63, 3.8) is 0 Å². The zero-order valence-electron chi connectivity index (χ0n) is 16.5. The normalized spacial score (nSPS) is 14.8. The predicted molar refractivity (Wildman–Crippen MR) is 109 cm³/mol. The number of pyridine rings is 1. The molecule has 1 aliphatic rings. The van der Waals surface area contributed by atoms with Gasteiger partial charge in [0, 0.05) is 23.2 Å². The van der Waals surface area contributed by atoms with Gasteiger partial charge in [0.2, 0.25) is 5.91 Å². The summed E-state index contributed by atoms with van der Waals surface area (Å²) in [6.45, 7) is 1.96. The van der Waals surface area contributed by atoms with E-state index in [-0.39, 0.29) is 11.8 Å². The number of H-pyrrole nitrogens is 1. The molecule has 30 heavy (non-hydrogen) atoms. The molecule has 0 saturated carbocycles. The molecule has 1 aliphatic heterocycles. The lowest BCUT2D eigenvalue weighted by Gasteiger charge is -2.21. The molecule has 3 aromatic rings. The van der Waals surface area contributed by atoms with Crippen LogP contribution in [0.25, 0.3) is 11.1 Å². The van der Waals surface area contributed by atoms with E-state index in [1.54, 1.807) is 6.20 Å². The molecule has 1 aromatic carbocycles. The summed E-state index contributed by atoms with van der Waals surface area (Å²) in [7, 11) is 0. The van der Waals surface area contributed by atoms with Gasteiger partial charge in [-0.25, -0.2) is 4.98 Å². The summed E-state index contributed by atoms with van der Waals surface area (Å²) in [5.41, 5.74) is 3.79. The Balaban J connectivity index is 1.56. The topological polar surface area (TPSA) is 134 Å². The average molecular weight is 406 g/mol. The first-order chi connectivity index (χ1) is 14.5. The number of amides is 1. The molecular weight excluding hydrogens is 384 g/mol. The lowest BCUT2D eigenvalue weighted by Crippen LogP contribution is -2.25. The largest absolute Gasteiger partial charge is 0.481 e. The summed E-state index contributed by atoms with van der Waals surface area (Å²) >= 11 is 0. The van der Waals surface area contributed by atoms with E-state index in [1.807, 2.05) is 37.3 Å². The van der Waals surface area contributed by atoms with Gasteiger partial charge in [0.15, 0.2) is 5.82 Å². The van der Waals surface area contributed by atoms with Gasteiger partial charge in [-0.15, -0.1) is 10.2 Å². The average Bonchev–Trinajstić information content (AvgIpc) is 3.39. The van der Waals surface area contributed by atoms with Gasteiger partial charge in [0.1, 0.15) is 5.82 Å². The number of aromatic amines is 1. The van der Waals surface area contributed by atoms with E-state index in [9.17, 15) is 14.7 Å². The molecule has 4 rings (SSSR count). The van der Waals surface area contributed by atoms with Crippen LogP contribution < -0.4 is 5.32 Å². The number of carboxylic acids is 1. The molecule has 1 amide bonds. The zero-order chi connectivity index (χ0) is 21.1. The van der Waals surface area contributed by atoms with Crippen LogP contribution in [0, 0.1) is 5.92 Å². The number of benzene rings is 1. The number of carbonyl (C=O) groups is 2. The van der Waals surface area contributed by atoms with Crippen LogP contribution >= 0.6 is 0 Å². The van der Waals surface area contributed by atoms with Crippen LogP contribution in [0.2, 0.25) is 0 Å². The van der Waals surface area contributed by atoms with Crippen molar-refractivity contribution < 1.29 is 14.7 Å². The maximum atomic E-state index is 11.8. The molecule has 0 radical (unpaired) electrons. The SMILES string of the molecule is CCC[C@H](C(=O)O)[C@H](Cc1ccc(-c2cnc3c(c2)CC(=O)N3)cc1)c1nn[nH]n1. The first kappa shape index (κ1) is 19.7. The number of fused-ring (bicyclic) bond motifs is 1. The summed E-state index contributed by atoms with van der Waals surface area (Å²) in [6.07, 6.45) is 3.88. The molecule has 0 unspecified atom stereocenters. The number of tetrazole rings is 1. The van der Waals surface area contributed by atoms with E-state index >= 15 is 0 Å². The van der Waals surface area contributed by atoms with Gasteiger partial charge in [0.05, 0.1) is 12.3 Å². The third-order valence-corrected chi connectivity index (χ3v) is 5.41. The van der Waals surface area contributed by atoms with Crippen LogP contribution in [0.15, 0.2) is 36.5 Å². The molecule has 0 spiro atoms. The highest BCUT2D eigenvalue weighted by atomic mass is 16.4. The van der Waals surface area contributed by atoms with Crippen LogP contribution in [0.1, 0.15) is 42.6 Å². The fourth-order valence-corrected chi connectivity index (χ4v) is 3.90. The molecular formula is C21H22N6O3. The number of anilines is 1. The van der Waals surface area contributed by atoms with E-state index in [4.69, 9.17) is 0 Å². The molecule has 154 valence electrons. The number of hydrogen-bond acceptors (Lipinski definition) is 6. The molecule has 0 fully saturated rings. The van der Waals surface area contributed by atoms with Crippen LogP contribution in [0.4, 0.5) is 5.82 Å². The lowest BCUT2D eigenvalue weighted by atomic mass is 9.83. The quantitative estimate of drug-likeness (QED) is 0.523. The van der Waals surface area contributed by atoms with Gasteiger partial charge >= 0.3 is 5.97 Å². The van der Waals surface area contributed by atoms with Crippen LogP contribution in [0.3, 0.4) is 0 Å². The van der Waals surface area contributed by atoms with Gasteiger partial charge in [-0.1, -0.05) is 42.8 Å². The molecule has 0 saturated heterocycles. The van der Waals surface area contributed by atoms with Crippen molar-refractivity contribution >= 4 is 17.7 Å². The van der Waals surface area contributed by atoms with Gasteiger partial charge in [-0.05, 0) is 30.0 Å². The Morgan fingerprint density at radius 3 is 2.70 bits per heavy atom. The second-order valence-corrected chi connectivity index (χ2v) is 7.47. The van der Waals surface area contributed by atoms with E-state index in [0.717, 1.165) is 28.7 Å². The number of aromatic nitrogens is 5. The maximum absolute atomic E-state index is 11.8. The minimum Gasteiger partial charge on any atom is -0.481 e. The van der Waals surface area contributed by atoms with E-state index in [1.165, 1.54) is 0 Å². The summed E-state index contributed by atoms with van der Waals surface area (Å²) in [5, 5.41) is 26.6. The van der Waals surface area contributed by atoms with E-state index in [2.05, 4.69) is 30.9 Å². The molecule has 3 N–H and O–H groups in total. The fourth-order valence-electron chi connectivity index (χ4n) is 3.90. The molecule has 9 nitrogen and oxygen atoms in total. The summed E-state index contributed by atoms with van der Waals surface area (Å²) in [5.74, 6) is -0.809. The Bertz CT molecular complexity index is 1050. The third kappa shape index (κ3) is 4.05. The molecule has 9 heteroatoms. The molecule has 2 aromatic heterocycles. The Labute approximate surface area is 172 Å². The second-order valence-electron chi connectivity index (χ2n) is 7.47. The minimum atomic E-state index is -0.851. The third-order valence-electron chi connectivity index (χ3n) is 5.41. The number of rotatable bonds is 8. The highest BCUT2D eigenvalue weighted by Gasteiger charge is 2.32. The monoisotopic (exact) mass is 406 g/mol. The molecule has 2 atom stereocenters. The Kier molecular flexibility index (Phi) is 5.51.